The van der Waals surface area contributed by atoms with Crippen molar-refractivity contribution < 1.29 is 9.53 Å². The molecule has 4 heteroatoms. The van der Waals surface area contributed by atoms with E-state index in [1.54, 1.807) is 7.11 Å². The monoisotopic (exact) mass is 276 g/mol. The Hall–Kier alpha value is -1.55. The van der Waals surface area contributed by atoms with Gasteiger partial charge >= 0.3 is 0 Å². The van der Waals surface area contributed by atoms with Crippen LogP contribution in [0.5, 0.6) is 5.75 Å². The Kier molecular flexibility index (Phi) is 5.01. The highest BCUT2D eigenvalue weighted by Crippen LogP contribution is 2.30. The van der Waals surface area contributed by atoms with E-state index in [-0.39, 0.29) is 11.9 Å². The summed E-state index contributed by atoms with van der Waals surface area (Å²) < 4.78 is 5.27. The van der Waals surface area contributed by atoms with E-state index in [0.29, 0.717) is 12.3 Å². The van der Waals surface area contributed by atoms with Gasteiger partial charge in [-0.2, -0.15) is 0 Å². The van der Waals surface area contributed by atoms with Gasteiger partial charge in [0.2, 0.25) is 5.91 Å². The van der Waals surface area contributed by atoms with Crippen LogP contribution >= 0.6 is 0 Å². The molecule has 1 atom stereocenters. The lowest BCUT2D eigenvalue weighted by Crippen LogP contribution is -2.40. The molecule has 1 fully saturated rings. The number of hydrogen-bond donors (Lipinski definition) is 1. The minimum Gasteiger partial charge on any atom is -0.497 e. The van der Waals surface area contributed by atoms with Crippen molar-refractivity contribution in [3.8, 4) is 5.75 Å². The van der Waals surface area contributed by atoms with Gasteiger partial charge in [-0.05, 0) is 43.4 Å². The highest BCUT2D eigenvalue weighted by atomic mass is 16.5. The largest absolute Gasteiger partial charge is 0.497 e. The van der Waals surface area contributed by atoms with Crippen LogP contribution in [0.25, 0.3) is 0 Å². The Balaban J connectivity index is 1.92. The third-order valence-electron chi connectivity index (χ3n) is 3.91. The molecular weight excluding hydrogens is 252 g/mol. The number of benzene rings is 1. The summed E-state index contributed by atoms with van der Waals surface area (Å²) >= 11 is 0. The maximum absolute atomic E-state index is 12.0. The van der Waals surface area contributed by atoms with Gasteiger partial charge in [0.1, 0.15) is 5.75 Å². The number of carbonyl (C=O) groups excluding carboxylic acids is 1. The highest BCUT2D eigenvalue weighted by Gasteiger charge is 2.24. The van der Waals surface area contributed by atoms with E-state index in [2.05, 4.69) is 12.1 Å². The summed E-state index contributed by atoms with van der Waals surface area (Å²) in [4.78, 5) is 13.9. The molecule has 0 aliphatic carbocycles. The van der Waals surface area contributed by atoms with Crippen molar-refractivity contribution in [3.63, 3.8) is 0 Å². The van der Waals surface area contributed by atoms with E-state index < -0.39 is 0 Å². The van der Waals surface area contributed by atoms with E-state index in [1.165, 1.54) is 5.56 Å². The van der Waals surface area contributed by atoms with Gasteiger partial charge in [0.15, 0.2) is 0 Å². The minimum absolute atomic E-state index is 0.0568. The number of nitrogens with zero attached hydrogens (tertiary/aromatic N) is 1. The minimum atomic E-state index is -0.0568. The molecule has 1 amide bonds. The van der Waals surface area contributed by atoms with Crippen molar-refractivity contribution >= 4 is 5.91 Å². The molecule has 0 radical (unpaired) electrons. The molecule has 0 aromatic heterocycles. The number of ether oxygens (including phenoxy) is 1. The molecule has 2 rings (SSSR count). The second kappa shape index (κ2) is 6.75. The van der Waals surface area contributed by atoms with E-state index >= 15 is 0 Å². The average molecular weight is 276 g/mol. The van der Waals surface area contributed by atoms with Gasteiger partial charge in [0.05, 0.1) is 7.11 Å². The summed E-state index contributed by atoms with van der Waals surface area (Å²) in [6, 6.07) is 8.18. The summed E-state index contributed by atoms with van der Waals surface area (Å²) in [5.41, 5.74) is 7.00. The van der Waals surface area contributed by atoms with E-state index in [1.807, 2.05) is 24.0 Å². The molecule has 1 aromatic carbocycles. The van der Waals surface area contributed by atoms with Crippen LogP contribution in [0.1, 0.15) is 37.7 Å². The standard InChI is InChI=1S/C16H24N2O2/c1-12(17)10-16(19)18-8-6-13(7-9-18)14-4-3-5-15(11-14)20-2/h3-5,11-13H,6-10,17H2,1-2H3/t12-/m1/s1. The molecule has 1 heterocycles. The lowest BCUT2D eigenvalue weighted by molar-refractivity contribution is -0.132. The zero-order chi connectivity index (χ0) is 14.5. The zero-order valence-corrected chi connectivity index (χ0v) is 12.3. The molecule has 0 bridgehead atoms. The Labute approximate surface area is 120 Å². The van der Waals surface area contributed by atoms with Crippen LogP contribution in [0.4, 0.5) is 0 Å². The van der Waals surface area contributed by atoms with Crippen LogP contribution in [0.3, 0.4) is 0 Å². The zero-order valence-electron chi connectivity index (χ0n) is 12.3. The first-order chi connectivity index (χ1) is 9.60. The topological polar surface area (TPSA) is 55.6 Å². The van der Waals surface area contributed by atoms with Crippen LogP contribution in [0, 0.1) is 0 Å². The normalized spacial score (nSPS) is 17.9. The van der Waals surface area contributed by atoms with Crippen molar-refractivity contribution in [2.75, 3.05) is 20.2 Å². The fourth-order valence-corrected chi connectivity index (χ4v) is 2.76. The molecule has 4 nitrogen and oxygen atoms in total. The number of carbonyl (C=O) groups is 1. The lowest BCUT2D eigenvalue weighted by Gasteiger charge is -2.32. The number of hydrogen-bond acceptors (Lipinski definition) is 3. The van der Waals surface area contributed by atoms with Gasteiger partial charge in [-0.15, -0.1) is 0 Å². The Bertz CT molecular complexity index is 452. The summed E-state index contributed by atoms with van der Waals surface area (Å²) in [6.07, 6.45) is 2.47. The fraction of sp³-hybridized carbons (Fsp3) is 0.562. The predicted molar refractivity (Wildman–Crippen MR) is 79.8 cm³/mol. The van der Waals surface area contributed by atoms with Gasteiger partial charge in [-0.3, -0.25) is 4.79 Å². The van der Waals surface area contributed by atoms with E-state index in [9.17, 15) is 4.79 Å². The Morgan fingerprint density at radius 2 is 2.15 bits per heavy atom. The smallest absolute Gasteiger partial charge is 0.224 e. The number of rotatable bonds is 4. The van der Waals surface area contributed by atoms with Gasteiger partial charge in [-0.25, -0.2) is 0 Å². The van der Waals surface area contributed by atoms with Crippen LogP contribution in [-0.2, 0) is 4.79 Å². The molecule has 2 N–H and O–H groups in total. The fourth-order valence-electron chi connectivity index (χ4n) is 2.76. The second-order valence-electron chi connectivity index (χ2n) is 5.61. The molecule has 0 unspecified atom stereocenters. The molecule has 1 saturated heterocycles. The Morgan fingerprint density at radius 1 is 1.45 bits per heavy atom. The summed E-state index contributed by atoms with van der Waals surface area (Å²) in [5.74, 6) is 1.60. The van der Waals surface area contributed by atoms with Crippen LogP contribution in [0.15, 0.2) is 24.3 Å². The highest BCUT2D eigenvalue weighted by molar-refractivity contribution is 5.76. The number of piperidine rings is 1. The SMILES string of the molecule is COc1cccc(C2CCN(C(=O)C[C@@H](C)N)CC2)c1. The number of likely N-dealkylation sites (tertiary alicyclic amines) is 1. The van der Waals surface area contributed by atoms with Crippen molar-refractivity contribution in [2.24, 2.45) is 5.73 Å². The first-order valence-electron chi connectivity index (χ1n) is 7.27. The van der Waals surface area contributed by atoms with Crippen LogP contribution < -0.4 is 10.5 Å². The third-order valence-corrected chi connectivity index (χ3v) is 3.91. The summed E-state index contributed by atoms with van der Waals surface area (Å²) in [6.45, 7) is 3.53. The average Bonchev–Trinajstić information content (AvgIpc) is 2.47. The van der Waals surface area contributed by atoms with Crippen molar-refractivity contribution in [1.82, 2.24) is 4.90 Å². The quantitative estimate of drug-likeness (QED) is 0.916. The first-order valence-corrected chi connectivity index (χ1v) is 7.27. The molecule has 1 aliphatic rings. The molecule has 1 aliphatic heterocycles. The van der Waals surface area contributed by atoms with Crippen molar-refractivity contribution in [3.05, 3.63) is 29.8 Å². The number of amides is 1. The maximum atomic E-state index is 12.0. The molecule has 110 valence electrons. The van der Waals surface area contributed by atoms with Gasteiger partial charge in [0.25, 0.3) is 0 Å². The molecule has 1 aromatic rings. The third kappa shape index (κ3) is 3.73. The summed E-state index contributed by atoms with van der Waals surface area (Å²) in [7, 11) is 1.69. The molecule has 20 heavy (non-hydrogen) atoms. The van der Waals surface area contributed by atoms with Crippen molar-refractivity contribution in [1.29, 1.82) is 0 Å². The maximum Gasteiger partial charge on any atom is 0.224 e. The van der Waals surface area contributed by atoms with Crippen LogP contribution in [0.2, 0.25) is 0 Å². The predicted octanol–water partition coefficient (Wildman–Crippen LogP) is 2.14. The second-order valence-corrected chi connectivity index (χ2v) is 5.61. The van der Waals surface area contributed by atoms with Gasteiger partial charge < -0.3 is 15.4 Å². The van der Waals surface area contributed by atoms with Crippen LogP contribution in [-0.4, -0.2) is 37.0 Å². The molecule has 0 saturated carbocycles. The molecule has 0 spiro atoms. The molecular formula is C16H24N2O2. The van der Waals surface area contributed by atoms with Gasteiger partial charge in [-0.1, -0.05) is 12.1 Å². The number of nitrogens with two attached hydrogens (primary N) is 1. The summed E-state index contributed by atoms with van der Waals surface area (Å²) in [5, 5.41) is 0. The Morgan fingerprint density at radius 3 is 2.75 bits per heavy atom. The van der Waals surface area contributed by atoms with E-state index in [4.69, 9.17) is 10.5 Å². The number of methoxy groups -OCH3 is 1. The van der Waals surface area contributed by atoms with Crippen molar-refractivity contribution in [2.45, 2.75) is 38.1 Å². The first kappa shape index (κ1) is 14.9. The lowest BCUT2D eigenvalue weighted by atomic mass is 9.89. The van der Waals surface area contributed by atoms with E-state index in [0.717, 1.165) is 31.7 Å². The van der Waals surface area contributed by atoms with Gasteiger partial charge in [0, 0.05) is 25.6 Å².